The topological polar surface area (TPSA) is 46.2 Å². The summed E-state index contributed by atoms with van der Waals surface area (Å²) in [4.78, 5) is 21.9. The highest BCUT2D eigenvalue weighted by Gasteiger charge is 2.27. The van der Waals surface area contributed by atoms with Gasteiger partial charge in [0.1, 0.15) is 0 Å². The van der Waals surface area contributed by atoms with E-state index in [0.717, 1.165) is 17.4 Å². The molecule has 2 atom stereocenters. The number of hydrogen-bond donors (Lipinski definition) is 1. The maximum Gasteiger partial charge on any atom is 0.212 e. The molecule has 1 fully saturated rings. The van der Waals surface area contributed by atoms with Gasteiger partial charge < -0.3 is 5.32 Å². The molecule has 2 unspecified atom stereocenters. The first-order valence-corrected chi connectivity index (χ1v) is 6.48. The molecule has 0 amide bonds. The Morgan fingerprint density at radius 3 is 2.71 bits per heavy atom. The molecule has 0 bridgehead atoms. The lowest BCUT2D eigenvalue weighted by molar-refractivity contribution is -0.131. The number of carbonyl (C=O) groups is 2. The summed E-state index contributed by atoms with van der Waals surface area (Å²) < 4.78 is 1.05. The lowest BCUT2D eigenvalue weighted by atomic mass is 9.85. The zero-order valence-electron chi connectivity index (χ0n) is 9.36. The number of halogens is 1. The van der Waals surface area contributed by atoms with Crippen molar-refractivity contribution < 1.29 is 9.59 Å². The van der Waals surface area contributed by atoms with Crippen LogP contribution in [0.25, 0.3) is 0 Å². The molecule has 4 heteroatoms. The third kappa shape index (κ3) is 3.01. The minimum Gasteiger partial charge on any atom is -0.307 e. The smallest absolute Gasteiger partial charge is 0.212 e. The summed E-state index contributed by atoms with van der Waals surface area (Å²) in [5.41, 5.74) is 1.23. The zero-order chi connectivity index (χ0) is 12.3. The predicted octanol–water partition coefficient (Wildman–Crippen LogP) is 2.05. The Labute approximate surface area is 109 Å². The summed E-state index contributed by atoms with van der Waals surface area (Å²) in [6.45, 7) is 0.783. The standard InChI is InChI=1S/C13H14BrNO2/c14-11-3-1-9(2-4-11)10-5-6-15-12(7-10)13(17)8-16/h1-4,8,10,12,15H,5-7H2. The first-order chi connectivity index (χ1) is 8.20. The maximum absolute atomic E-state index is 11.4. The first-order valence-electron chi connectivity index (χ1n) is 5.68. The van der Waals surface area contributed by atoms with E-state index in [4.69, 9.17) is 0 Å². The van der Waals surface area contributed by atoms with Gasteiger partial charge in [-0.1, -0.05) is 28.1 Å². The van der Waals surface area contributed by atoms with E-state index in [0.29, 0.717) is 18.6 Å². The molecule has 0 aliphatic carbocycles. The van der Waals surface area contributed by atoms with Crippen LogP contribution in [-0.4, -0.2) is 24.7 Å². The highest BCUT2D eigenvalue weighted by Crippen LogP contribution is 2.28. The van der Waals surface area contributed by atoms with E-state index in [-0.39, 0.29) is 11.8 Å². The van der Waals surface area contributed by atoms with Gasteiger partial charge >= 0.3 is 0 Å². The van der Waals surface area contributed by atoms with Crippen LogP contribution >= 0.6 is 15.9 Å². The number of carbonyl (C=O) groups excluding carboxylic acids is 2. The van der Waals surface area contributed by atoms with Gasteiger partial charge in [-0.2, -0.15) is 0 Å². The minimum absolute atomic E-state index is 0.310. The SMILES string of the molecule is O=CC(=O)C1CC(c2ccc(Br)cc2)CCN1. The van der Waals surface area contributed by atoms with Crippen molar-refractivity contribution in [3.63, 3.8) is 0 Å². The molecule has 17 heavy (non-hydrogen) atoms. The fraction of sp³-hybridized carbons (Fsp3) is 0.385. The molecule has 1 aliphatic rings. The Morgan fingerprint density at radius 1 is 1.35 bits per heavy atom. The molecule has 1 heterocycles. The van der Waals surface area contributed by atoms with Crippen LogP contribution in [0.15, 0.2) is 28.7 Å². The molecule has 90 valence electrons. The largest absolute Gasteiger partial charge is 0.307 e. The van der Waals surface area contributed by atoms with Crippen LogP contribution in [0.1, 0.15) is 24.3 Å². The van der Waals surface area contributed by atoms with Gasteiger partial charge in [0.25, 0.3) is 0 Å². The van der Waals surface area contributed by atoms with E-state index in [1.54, 1.807) is 0 Å². The molecule has 0 radical (unpaired) electrons. The molecule has 2 rings (SSSR count). The third-order valence-electron chi connectivity index (χ3n) is 3.20. The average Bonchev–Trinajstić information content (AvgIpc) is 2.39. The van der Waals surface area contributed by atoms with E-state index >= 15 is 0 Å². The van der Waals surface area contributed by atoms with Crippen molar-refractivity contribution in [3.8, 4) is 0 Å². The number of hydrogen-bond acceptors (Lipinski definition) is 3. The van der Waals surface area contributed by atoms with E-state index < -0.39 is 0 Å². The number of aldehydes is 1. The second-order valence-corrected chi connectivity index (χ2v) is 5.22. The fourth-order valence-corrected chi connectivity index (χ4v) is 2.52. The number of piperidine rings is 1. The van der Waals surface area contributed by atoms with Crippen LogP contribution in [0.5, 0.6) is 0 Å². The van der Waals surface area contributed by atoms with Crippen molar-refractivity contribution in [2.45, 2.75) is 24.8 Å². The molecule has 1 saturated heterocycles. The van der Waals surface area contributed by atoms with E-state index in [2.05, 4.69) is 33.4 Å². The summed E-state index contributed by atoms with van der Waals surface area (Å²) in [5, 5.41) is 3.09. The molecule has 0 aromatic heterocycles. The van der Waals surface area contributed by atoms with Gasteiger partial charge in [0.15, 0.2) is 6.29 Å². The van der Waals surface area contributed by atoms with E-state index in [1.165, 1.54) is 5.56 Å². The molecule has 3 nitrogen and oxygen atoms in total. The van der Waals surface area contributed by atoms with Crippen molar-refractivity contribution in [2.75, 3.05) is 6.54 Å². The average molecular weight is 296 g/mol. The monoisotopic (exact) mass is 295 g/mol. The summed E-state index contributed by atoms with van der Waals surface area (Å²) in [5.74, 6) is 0.0186. The van der Waals surface area contributed by atoms with Crippen LogP contribution in [0, 0.1) is 0 Å². The molecule has 1 aromatic rings. The van der Waals surface area contributed by atoms with Crippen LogP contribution in [-0.2, 0) is 9.59 Å². The molecule has 0 spiro atoms. The normalized spacial score (nSPS) is 24.3. The van der Waals surface area contributed by atoms with Crippen molar-refractivity contribution in [1.29, 1.82) is 0 Å². The Kier molecular flexibility index (Phi) is 4.07. The minimum atomic E-state index is -0.341. The van der Waals surface area contributed by atoms with Gasteiger partial charge in [0.05, 0.1) is 6.04 Å². The second kappa shape index (κ2) is 5.56. The second-order valence-electron chi connectivity index (χ2n) is 4.30. The Hall–Kier alpha value is -1.00. The summed E-state index contributed by atoms with van der Waals surface area (Å²) in [6.07, 6.45) is 2.13. The number of Topliss-reactive ketones (excluding diaryl/α,β-unsaturated/α-hetero) is 1. The third-order valence-corrected chi connectivity index (χ3v) is 3.73. The fourth-order valence-electron chi connectivity index (χ4n) is 2.25. The molecular weight excluding hydrogens is 282 g/mol. The van der Waals surface area contributed by atoms with Crippen LogP contribution < -0.4 is 5.32 Å². The van der Waals surface area contributed by atoms with Gasteiger partial charge in [-0.25, -0.2) is 0 Å². The molecule has 1 aliphatic heterocycles. The van der Waals surface area contributed by atoms with Crippen molar-refractivity contribution in [2.24, 2.45) is 0 Å². The number of rotatable bonds is 3. The first kappa shape index (κ1) is 12.5. The van der Waals surface area contributed by atoms with Crippen LogP contribution in [0.4, 0.5) is 0 Å². The Balaban J connectivity index is 2.09. The molecule has 0 saturated carbocycles. The Morgan fingerprint density at radius 2 is 2.06 bits per heavy atom. The molecule has 1 N–H and O–H groups in total. The lowest BCUT2D eigenvalue weighted by Gasteiger charge is -2.28. The number of nitrogens with one attached hydrogen (secondary N) is 1. The van der Waals surface area contributed by atoms with E-state index in [1.807, 2.05) is 12.1 Å². The lowest BCUT2D eigenvalue weighted by Crippen LogP contribution is -2.43. The van der Waals surface area contributed by atoms with Gasteiger partial charge in [-0.15, -0.1) is 0 Å². The Bertz CT molecular complexity index is 416. The zero-order valence-corrected chi connectivity index (χ0v) is 10.9. The van der Waals surface area contributed by atoms with Crippen molar-refractivity contribution >= 4 is 28.0 Å². The predicted molar refractivity (Wildman–Crippen MR) is 69.0 cm³/mol. The number of benzene rings is 1. The van der Waals surface area contributed by atoms with Crippen LogP contribution in [0.2, 0.25) is 0 Å². The highest BCUT2D eigenvalue weighted by molar-refractivity contribution is 9.10. The maximum atomic E-state index is 11.4. The van der Waals surface area contributed by atoms with Gasteiger partial charge in [0.2, 0.25) is 5.78 Å². The number of ketones is 1. The summed E-state index contributed by atoms with van der Waals surface area (Å²) >= 11 is 3.40. The van der Waals surface area contributed by atoms with E-state index in [9.17, 15) is 9.59 Å². The van der Waals surface area contributed by atoms with Gasteiger partial charge in [-0.3, -0.25) is 9.59 Å². The van der Waals surface area contributed by atoms with Gasteiger partial charge in [-0.05, 0) is 43.0 Å². The molecule has 1 aromatic carbocycles. The highest BCUT2D eigenvalue weighted by atomic mass is 79.9. The van der Waals surface area contributed by atoms with Crippen molar-refractivity contribution in [1.82, 2.24) is 5.32 Å². The van der Waals surface area contributed by atoms with Gasteiger partial charge in [0, 0.05) is 4.47 Å². The van der Waals surface area contributed by atoms with Crippen LogP contribution in [0.3, 0.4) is 0 Å². The summed E-state index contributed by atoms with van der Waals surface area (Å²) in [7, 11) is 0. The van der Waals surface area contributed by atoms with Crippen molar-refractivity contribution in [3.05, 3.63) is 34.3 Å². The quantitative estimate of drug-likeness (QED) is 0.686. The molecular formula is C13H14BrNO2. The summed E-state index contributed by atoms with van der Waals surface area (Å²) in [6, 6.07) is 7.85.